The van der Waals surface area contributed by atoms with E-state index in [-0.39, 0.29) is 0 Å². The van der Waals surface area contributed by atoms with E-state index in [1.807, 2.05) is 13.0 Å². The van der Waals surface area contributed by atoms with Crippen LogP contribution in [0.4, 0.5) is 0 Å². The largest absolute Gasteiger partial charge is 0.493 e. The first kappa shape index (κ1) is 16.3. The molecule has 3 rings (SSSR count). The summed E-state index contributed by atoms with van der Waals surface area (Å²) in [6.07, 6.45) is 0. The number of nitrogens with zero attached hydrogens (tertiary/aromatic N) is 1. The van der Waals surface area contributed by atoms with Gasteiger partial charge in [0.1, 0.15) is 5.75 Å². The minimum atomic E-state index is 0.666. The van der Waals surface area contributed by atoms with Gasteiger partial charge in [-0.3, -0.25) is 0 Å². The summed E-state index contributed by atoms with van der Waals surface area (Å²) in [7, 11) is 2.11. The van der Waals surface area contributed by atoms with E-state index in [4.69, 9.17) is 4.74 Å². The van der Waals surface area contributed by atoms with E-state index >= 15 is 0 Å². The third-order valence-corrected chi connectivity index (χ3v) is 4.63. The van der Waals surface area contributed by atoms with Crippen molar-refractivity contribution in [3.05, 3.63) is 70.8 Å². The molecule has 0 spiro atoms. The molecule has 24 heavy (non-hydrogen) atoms. The second kappa shape index (κ2) is 6.91. The summed E-state index contributed by atoms with van der Waals surface area (Å²) in [6.45, 7) is 7.81. The van der Waals surface area contributed by atoms with E-state index in [9.17, 15) is 0 Å². The van der Waals surface area contributed by atoms with Gasteiger partial charge in [0.15, 0.2) is 6.54 Å². The molecule has 0 aliphatic rings. The highest BCUT2D eigenvalue weighted by atomic mass is 16.5. The number of benzene rings is 1. The van der Waals surface area contributed by atoms with Crippen molar-refractivity contribution in [1.82, 2.24) is 4.57 Å². The van der Waals surface area contributed by atoms with Crippen LogP contribution in [0.5, 0.6) is 5.75 Å². The number of aromatic nitrogens is 1. The van der Waals surface area contributed by atoms with Crippen LogP contribution in [0.15, 0.2) is 48.5 Å². The van der Waals surface area contributed by atoms with Crippen LogP contribution < -0.4 is 15.1 Å². The monoisotopic (exact) mass is 321 g/mol. The van der Waals surface area contributed by atoms with Gasteiger partial charge in [-0.05, 0) is 26.8 Å². The lowest BCUT2D eigenvalue weighted by molar-refractivity contribution is -0.516. The zero-order valence-corrected chi connectivity index (χ0v) is 14.9. The van der Waals surface area contributed by atoms with E-state index in [0.717, 1.165) is 17.7 Å². The summed E-state index contributed by atoms with van der Waals surface area (Å²) in [5.74, 6) is 0.946. The summed E-state index contributed by atoms with van der Waals surface area (Å²) < 4.78 is 8.14. The molecule has 0 unspecified atom stereocenters. The van der Waals surface area contributed by atoms with Crippen molar-refractivity contribution in [2.75, 3.05) is 6.61 Å². The van der Waals surface area contributed by atoms with Crippen LogP contribution in [0, 0.1) is 13.8 Å². The van der Waals surface area contributed by atoms with Crippen LogP contribution in [0.25, 0.3) is 10.8 Å². The topological polar surface area (TPSA) is 28.1 Å². The van der Waals surface area contributed by atoms with Crippen molar-refractivity contribution in [1.29, 1.82) is 0 Å². The van der Waals surface area contributed by atoms with Gasteiger partial charge in [0.25, 0.3) is 0 Å². The SMILES string of the molecule is CCOc1cccc(=[NH+]Cc2ccccc2)c2c(C)n(C)c(C)c12. The number of nitrogens with one attached hydrogen (secondary N) is 1. The molecule has 0 aliphatic heterocycles. The Balaban J connectivity index is 2.26. The molecule has 2 aromatic carbocycles. The van der Waals surface area contributed by atoms with Gasteiger partial charge in [0.05, 0.1) is 17.4 Å². The zero-order chi connectivity index (χ0) is 17.1. The van der Waals surface area contributed by atoms with Gasteiger partial charge in [-0.25, -0.2) is 4.99 Å². The maximum Gasteiger partial charge on any atom is 0.208 e. The molecular weight excluding hydrogens is 296 g/mol. The van der Waals surface area contributed by atoms with Gasteiger partial charge >= 0.3 is 0 Å². The third-order valence-electron chi connectivity index (χ3n) is 4.63. The van der Waals surface area contributed by atoms with Crippen LogP contribution in [0.3, 0.4) is 0 Å². The van der Waals surface area contributed by atoms with E-state index in [2.05, 4.69) is 72.9 Å². The van der Waals surface area contributed by atoms with Gasteiger partial charge in [-0.2, -0.15) is 0 Å². The molecule has 0 saturated carbocycles. The van der Waals surface area contributed by atoms with Crippen LogP contribution in [-0.4, -0.2) is 11.2 Å². The van der Waals surface area contributed by atoms with Gasteiger partial charge in [-0.15, -0.1) is 0 Å². The molecule has 0 amide bonds. The first-order valence-corrected chi connectivity index (χ1v) is 8.46. The zero-order valence-electron chi connectivity index (χ0n) is 14.9. The van der Waals surface area contributed by atoms with Crippen LogP contribution >= 0.6 is 0 Å². The molecule has 0 aliphatic carbocycles. The van der Waals surface area contributed by atoms with Crippen LogP contribution in [0.1, 0.15) is 23.9 Å². The van der Waals surface area contributed by atoms with Crippen molar-refractivity contribution in [3.63, 3.8) is 0 Å². The molecule has 3 heteroatoms. The Bertz CT molecular complexity index is 924. The van der Waals surface area contributed by atoms with E-state index in [1.54, 1.807) is 0 Å². The summed E-state index contributed by atoms with van der Waals surface area (Å²) in [5, 5.41) is 3.57. The molecule has 0 saturated heterocycles. The molecule has 1 aromatic heterocycles. The average molecular weight is 321 g/mol. The second-order valence-corrected chi connectivity index (χ2v) is 6.06. The van der Waals surface area contributed by atoms with E-state index < -0.39 is 0 Å². The Morgan fingerprint density at radius 1 is 0.917 bits per heavy atom. The number of ether oxygens (including phenoxy) is 1. The fraction of sp³-hybridized carbons (Fsp3) is 0.286. The Morgan fingerprint density at radius 2 is 1.62 bits per heavy atom. The molecule has 1 heterocycles. The lowest BCUT2D eigenvalue weighted by Crippen LogP contribution is -2.74. The van der Waals surface area contributed by atoms with Crippen LogP contribution in [-0.2, 0) is 13.6 Å². The van der Waals surface area contributed by atoms with Gasteiger partial charge < -0.3 is 9.30 Å². The first-order valence-electron chi connectivity index (χ1n) is 8.46. The minimum Gasteiger partial charge on any atom is -0.493 e. The molecule has 0 atom stereocenters. The maximum atomic E-state index is 5.90. The highest BCUT2D eigenvalue weighted by Gasteiger charge is 2.15. The van der Waals surface area contributed by atoms with Crippen molar-refractivity contribution in [3.8, 4) is 5.75 Å². The average Bonchev–Trinajstić information content (AvgIpc) is 2.75. The fourth-order valence-corrected chi connectivity index (χ4v) is 3.19. The standard InChI is InChI=1S/C21H24N2O/c1-5-24-19-13-9-12-18(22-14-17-10-7-6-8-11-17)20-15(2)23(4)16(3)21(19)20/h6-13H,5,14H2,1-4H3/p+1. The Morgan fingerprint density at radius 3 is 2.33 bits per heavy atom. The number of rotatable bonds is 4. The second-order valence-electron chi connectivity index (χ2n) is 6.06. The first-order chi connectivity index (χ1) is 11.6. The predicted octanol–water partition coefficient (Wildman–Crippen LogP) is 2.38. The normalized spacial score (nSPS) is 11.9. The number of hydrogen-bond donors (Lipinski definition) is 1. The molecule has 0 bridgehead atoms. The fourth-order valence-electron chi connectivity index (χ4n) is 3.19. The molecular formula is C21H25N2O+. The quantitative estimate of drug-likeness (QED) is 0.785. The number of fused-ring (bicyclic) bond motifs is 1. The molecule has 0 fully saturated rings. The molecule has 3 nitrogen and oxygen atoms in total. The smallest absolute Gasteiger partial charge is 0.208 e. The van der Waals surface area contributed by atoms with Gasteiger partial charge in [0, 0.05) is 30.1 Å². The molecule has 1 N–H and O–H groups in total. The highest BCUT2D eigenvalue weighted by Crippen LogP contribution is 2.29. The number of hydrogen-bond acceptors (Lipinski definition) is 1. The Labute approximate surface area is 143 Å². The van der Waals surface area contributed by atoms with E-state index in [1.165, 1.54) is 27.7 Å². The summed E-state index contributed by atoms with van der Waals surface area (Å²) in [4.78, 5) is 3.61. The summed E-state index contributed by atoms with van der Waals surface area (Å²) in [6, 6.07) is 16.7. The highest BCUT2D eigenvalue weighted by molar-refractivity contribution is 5.92. The third kappa shape index (κ3) is 2.94. The maximum absolute atomic E-state index is 5.90. The molecule has 0 radical (unpaired) electrons. The summed E-state index contributed by atoms with van der Waals surface area (Å²) in [5.41, 5.74) is 3.74. The van der Waals surface area contributed by atoms with E-state index in [0.29, 0.717) is 6.61 Å². The summed E-state index contributed by atoms with van der Waals surface area (Å²) >= 11 is 0. The van der Waals surface area contributed by atoms with Crippen molar-refractivity contribution < 1.29 is 9.73 Å². The van der Waals surface area contributed by atoms with Crippen molar-refractivity contribution >= 4 is 10.8 Å². The van der Waals surface area contributed by atoms with Gasteiger partial charge in [0.2, 0.25) is 5.36 Å². The van der Waals surface area contributed by atoms with Gasteiger partial charge in [-0.1, -0.05) is 36.4 Å². The molecule has 3 aromatic rings. The van der Waals surface area contributed by atoms with Crippen molar-refractivity contribution in [2.45, 2.75) is 27.3 Å². The minimum absolute atomic E-state index is 0.666. The van der Waals surface area contributed by atoms with Crippen molar-refractivity contribution in [2.24, 2.45) is 7.05 Å². The predicted molar refractivity (Wildman–Crippen MR) is 97.8 cm³/mol. The molecule has 124 valence electrons. The Hall–Kier alpha value is -2.55. The van der Waals surface area contributed by atoms with Crippen LogP contribution in [0.2, 0.25) is 0 Å². The Kier molecular flexibility index (Phi) is 4.70. The lowest BCUT2D eigenvalue weighted by Gasteiger charge is -2.03. The number of aryl methyl sites for hydroxylation is 2. The lowest BCUT2D eigenvalue weighted by atomic mass is 10.2.